The van der Waals surface area contributed by atoms with E-state index in [0.29, 0.717) is 30.8 Å². The van der Waals surface area contributed by atoms with Crippen molar-refractivity contribution in [2.24, 2.45) is 40.4 Å². The molecule has 4 saturated carbocycles. The maximum atomic E-state index is 12.2. The molecule has 0 spiro atoms. The molecule has 1 aliphatic heterocycles. The lowest BCUT2D eigenvalue weighted by Gasteiger charge is -2.64. The van der Waals surface area contributed by atoms with Crippen LogP contribution in [0.5, 0.6) is 0 Å². The van der Waals surface area contributed by atoms with Gasteiger partial charge in [-0.3, -0.25) is 4.79 Å². The summed E-state index contributed by atoms with van der Waals surface area (Å²) in [6.07, 6.45) is 8.57. The SMILES string of the molecule is CC12CCC3C(CCC4CC(O)CCC43CO)C1(O)CCC2C1COC(=O)C1. The summed E-state index contributed by atoms with van der Waals surface area (Å²) >= 11 is 0. The third-order valence-electron chi connectivity index (χ3n) is 10.3. The van der Waals surface area contributed by atoms with Gasteiger partial charge in [0.1, 0.15) is 0 Å². The maximum Gasteiger partial charge on any atom is 0.306 e. The molecule has 4 aliphatic carbocycles. The second-order valence-electron chi connectivity index (χ2n) is 11.0. The maximum absolute atomic E-state index is 12.2. The van der Waals surface area contributed by atoms with Gasteiger partial charge in [-0.1, -0.05) is 6.92 Å². The van der Waals surface area contributed by atoms with Crippen molar-refractivity contribution in [1.82, 2.24) is 0 Å². The summed E-state index contributed by atoms with van der Waals surface area (Å²) in [6, 6.07) is 0. The number of aliphatic hydroxyl groups excluding tert-OH is 2. The van der Waals surface area contributed by atoms with Gasteiger partial charge in [0.15, 0.2) is 0 Å². The monoisotopic (exact) mass is 392 g/mol. The highest BCUT2D eigenvalue weighted by Gasteiger charge is 2.68. The first kappa shape index (κ1) is 19.3. The first-order valence-corrected chi connectivity index (χ1v) is 11.5. The van der Waals surface area contributed by atoms with E-state index >= 15 is 0 Å². The Kier molecular flexibility index (Phi) is 4.43. The van der Waals surface area contributed by atoms with Crippen LogP contribution in [0.15, 0.2) is 0 Å². The number of aliphatic hydroxyl groups is 3. The second-order valence-corrected chi connectivity index (χ2v) is 11.0. The molecule has 3 N–H and O–H groups in total. The van der Waals surface area contributed by atoms with E-state index in [4.69, 9.17) is 4.74 Å². The van der Waals surface area contributed by atoms with Gasteiger partial charge < -0.3 is 20.1 Å². The van der Waals surface area contributed by atoms with E-state index in [1.807, 2.05) is 0 Å². The molecule has 0 aromatic heterocycles. The van der Waals surface area contributed by atoms with Crippen LogP contribution in [0.3, 0.4) is 0 Å². The summed E-state index contributed by atoms with van der Waals surface area (Å²) in [5, 5.41) is 32.9. The summed E-state index contributed by atoms with van der Waals surface area (Å²) in [6.45, 7) is 2.97. The fourth-order valence-corrected chi connectivity index (χ4v) is 8.90. The van der Waals surface area contributed by atoms with Gasteiger partial charge in [-0.05, 0) is 92.3 Å². The van der Waals surface area contributed by atoms with Gasteiger partial charge in [0, 0.05) is 12.5 Å². The number of esters is 1. The minimum atomic E-state index is -0.699. The molecule has 9 unspecified atom stereocenters. The Morgan fingerprint density at radius 3 is 2.54 bits per heavy atom. The number of carbonyl (C=O) groups excluding carboxylic acids is 1. The van der Waals surface area contributed by atoms with Crippen LogP contribution in [0.4, 0.5) is 0 Å². The molecule has 0 aromatic carbocycles. The second kappa shape index (κ2) is 6.42. The Balaban J connectivity index is 1.46. The molecule has 1 saturated heterocycles. The van der Waals surface area contributed by atoms with Crippen LogP contribution in [0.1, 0.15) is 71.1 Å². The number of cyclic esters (lactones) is 1. The molecule has 5 rings (SSSR count). The van der Waals surface area contributed by atoms with Gasteiger partial charge in [-0.2, -0.15) is 0 Å². The Bertz CT molecular complexity index is 651. The van der Waals surface area contributed by atoms with E-state index in [2.05, 4.69) is 6.92 Å². The molecule has 0 amide bonds. The van der Waals surface area contributed by atoms with Crippen molar-refractivity contribution in [1.29, 1.82) is 0 Å². The predicted octanol–water partition coefficient (Wildman–Crippen LogP) is 2.66. The van der Waals surface area contributed by atoms with Crippen molar-refractivity contribution < 1.29 is 24.9 Å². The standard InChI is InChI=1S/C23H36O5/c1-21-7-5-18-19(3-2-15-11-16(25)4-8-22(15,18)13-24)23(21,27)9-6-17(21)14-10-20(26)28-12-14/h14-19,24-25,27H,2-13H2,1H3. The number of hydrogen-bond acceptors (Lipinski definition) is 5. The van der Waals surface area contributed by atoms with E-state index in [1.54, 1.807) is 0 Å². The first-order chi connectivity index (χ1) is 13.3. The number of fused-ring (bicyclic) bond motifs is 5. The highest BCUT2D eigenvalue weighted by atomic mass is 16.5. The molecule has 5 fully saturated rings. The Hall–Kier alpha value is -0.650. The molecule has 0 aromatic rings. The normalized spacial score (nSPS) is 55.9. The van der Waals surface area contributed by atoms with E-state index in [0.717, 1.165) is 57.8 Å². The third kappa shape index (κ3) is 2.39. The van der Waals surface area contributed by atoms with Gasteiger partial charge >= 0.3 is 5.97 Å². The van der Waals surface area contributed by atoms with E-state index in [9.17, 15) is 20.1 Å². The molecule has 158 valence electrons. The molecule has 9 atom stereocenters. The highest BCUT2D eigenvalue weighted by molar-refractivity contribution is 5.71. The minimum Gasteiger partial charge on any atom is -0.465 e. The van der Waals surface area contributed by atoms with Crippen LogP contribution in [0.2, 0.25) is 0 Å². The summed E-state index contributed by atoms with van der Waals surface area (Å²) in [5.74, 6) is 1.47. The molecule has 0 bridgehead atoms. The van der Waals surface area contributed by atoms with Crippen molar-refractivity contribution in [2.75, 3.05) is 13.2 Å². The number of hydrogen-bond donors (Lipinski definition) is 3. The summed E-state index contributed by atoms with van der Waals surface area (Å²) in [4.78, 5) is 11.7. The Morgan fingerprint density at radius 1 is 1.04 bits per heavy atom. The van der Waals surface area contributed by atoms with Gasteiger partial charge in [0.25, 0.3) is 0 Å². The lowest BCUT2D eigenvalue weighted by atomic mass is 9.42. The van der Waals surface area contributed by atoms with Crippen LogP contribution < -0.4 is 0 Å². The lowest BCUT2D eigenvalue weighted by Crippen LogP contribution is -2.64. The molecule has 5 aliphatic rings. The zero-order chi connectivity index (χ0) is 19.7. The highest BCUT2D eigenvalue weighted by Crippen LogP contribution is 2.70. The predicted molar refractivity (Wildman–Crippen MR) is 103 cm³/mol. The van der Waals surface area contributed by atoms with E-state index < -0.39 is 5.60 Å². The van der Waals surface area contributed by atoms with Crippen molar-refractivity contribution in [3.05, 3.63) is 0 Å². The number of rotatable bonds is 2. The number of ether oxygens (including phenoxy) is 1. The topological polar surface area (TPSA) is 87.0 Å². The van der Waals surface area contributed by atoms with Crippen LogP contribution in [0, 0.1) is 40.4 Å². The largest absolute Gasteiger partial charge is 0.465 e. The zero-order valence-electron chi connectivity index (χ0n) is 17.1. The third-order valence-corrected chi connectivity index (χ3v) is 10.3. The molecule has 5 heteroatoms. The average Bonchev–Trinajstić information content (AvgIpc) is 3.22. The summed E-state index contributed by atoms with van der Waals surface area (Å²) in [5.41, 5.74) is -0.983. The molecular weight excluding hydrogens is 356 g/mol. The van der Waals surface area contributed by atoms with Crippen molar-refractivity contribution in [3.63, 3.8) is 0 Å². The lowest BCUT2D eigenvalue weighted by molar-refractivity contribution is -0.223. The Labute approximate surface area is 167 Å². The molecule has 28 heavy (non-hydrogen) atoms. The van der Waals surface area contributed by atoms with E-state index in [1.165, 1.54) is 0 Å². The summed E-state index contributed by atoms with van der Waals surface area (Å²) in [7, 11) is 0. The van der Waals surface area contributed by atoms with Crippen LogP contribution in [-0.2, 0) is 9.53 Å². The molecule has 1 heterocycles. The molecule has 0 radical (unpaired) electrons. The first-order valence-electron chi connectivity index (χ1n) is 11.5. The van der Waals surface area contributed by atoms with Crippen molar-refractivity contribution in [3.8, 4) is 0 Å². The van der Waals surface area contributed by atoms with Crippen molar-refractivity contribution >= 4 is 5.97 Å². The van der Waals surface area contributed by atoms with Gasteiger partial charge in [0.05, 0.1) is 24.7 Å². The summed E-state index contributed by atoms with van der Waals surface area (Å²) < 4.78 is 5.28. The minimum absolute atomic E-state index is 0.0850. The smallest absolute Gasteiger partial charge is 0.306 e. The Morgan fingerprint density at radius 2 is 1.82 bits per heavy atom. The van der Waals surface area contributed by atoms with Gasteiger partial charge in [-0.25, -0.2) is 0 Å². The average molecular weight is 393 g/mol. The van der Waals surface area contributed by atoms with E-state index in [-0.39, 0.29) is 41.3 Å². The van der Waals surface area contributed by atoms with Gasteiger partial charge in [0.2, 0.25) is 0 Å². The van der Waals surface area contributed by atoms with Crippen LogP contribution >= 0.6 is 0 Å². The fourth-order valence-electron chi connectivity index (χ4n) is 8.90. The molecular formula is C23H36O5. The zero-order valence-corrected chi connectivity index (χ0v) is 17.1. The van der Waals surface area contributed by atoms with Crippen LogP contribution in [0.25, 0.3) is 0 Å². The van der Waals surface area contributed by atoms with Crippen LogP contribution in [-0.4, -0.2) is 46.2 Å². The quantitative estimate of drug-likeness (QED) is 0.629. The molecule has 5 nitrogen and oxygen atoms in total. The number of carbonyl (C=O) groups is 1. The van der Waals surface area contributed by atoms with Crippen molar-refractivity contribution in [2.45, 2.75) is 82.8 Å². The van der Waals surface area contributed by atoms with Gasteiger partial charge in [-0.15, -0.1) is 0 Å². The fraction of sp³-hybridized carbons (Fsp3) is 0.957.